The van der Waals surface area contributed by atoms with Crippen LogP contribution in [0.1, 0.15) is 13.8 Å². The van der Waals surface area contributed by atoms with Crippen LogP contribution in [0, 0.1) is 0 Å². The maximum absolute atomic E-state index is 5.58. The number of nitrogens with zero attached hydrogens (tertiary/aromatic N) is 2. The van der Waals surface area contributed by atoms with Gasteiger partial charge in [0.25, 0.3) is 0 Å². The number of nitrogens with one attached hydrogen (secondary N) is 1. The SMILES string of the molecule is CC(C)Nc1nc(Br)cnc1N. The van der Waals surface area contributed by atoms with E-state index < -0.39 is 0 Å². The predicted molar refractivity (Wildman–Crippen MR) is 52.9 cm³/mol. The number of hydrogen-bond acceptors (Lipinski definition) is 4. The Balaban J connectivity index is 2.90. The van der Waals surface area contributed by atoms with Gasteiger partial charge in [0.05, 0.1) is 6.20 Å². The molecule has 3 N–H and O–H groups in total. The topological polar surface area (TPSA) is 63.8 Å². The van der Waals surface area contributed by atoms with Crippen molar-refractivity contribution in [2.24, 2.45) is 0 Å². The highest BCUT2D eigenvalue weighted by atomic mass is 79.9. The van der Waals surface area contributed by atoms with Gasteiger partial charge in [-0.1, -0.05) is 0 Å². The van der Waals surface area contributed by atoms with Crippen LogP contribution in [0.3, 0.4) is 0 Å². The molecule has 1 heterocycles. The molecule has 1 rings (SSSR count). The Labute approximate surface area is 79.7 Å². The van der Waals surface area contributed by atoms with Crippen LogP contribution in [0.5, 0.6) is 0 Å². The van der Waals surface area contributed by atoms with Crippen LogP contribution in [0.15, 0.2) is 10.8 Å². The number of nitrogen functional groups attached to an aromatic ring is 1. The number of hydrogen-bond donors (Lipinski definition) is 2. The summed E-state index contributed by atoms with van der Waals surface area (Å²) < 4.78 is 0.680. The van der Waals surface area contributed by atoms with Gasteiger partial charge in [-0.05, 0) is 29.8 Å². The zero-order valence-electron chi connectivity index (χ0n) is 7.00. The summed E-state index contributed by atoms with van der Waals surface area (Å²) >= 11 is 3.22. The second-order valence-corrected chi connectivity index (χ2v) is 3.54. The third-order valence-corrected chi connectivity index (χ3v) is 1.58. The van der Waals surface area contributed by atoms with Gasteiger partial charge in [-0.2, -0.15) is 0 Å². The van der Waals surface area contributed by atoms with Gasteiger partial charge in [0.2, 0.25) is 0 Å². The molecule has 0 aliphatic carbocycles. The van der Waals surface area contributed by atoms with Crippen LogP contribution in [-0.4, -0.2) is 16.0 Å². The van der Waals surface area contributed by atoms with Crippen molar-refractivity contribution in [3.8, 4) is 0 Å². The maximum Gasteiger partial charge on any atom is 0.170 e. The Kier molecular flexibility index (Phi) is 2.86. The minimum atomic E-state index is 0.302. The van der Waals surface area contributed by atoms with Crippen LogP contribution in [0.4, 0.5) is 11.6 Å². The maximum atomic E-state index is 5.58. The summed E-state index contributed by atoms with van der Waals surface area (Å²) in [5.41, 5.74) is 5.58. The lowest BCUT2D eigenvalue weighted by molar-refractivity contribution is 0.885. The Bertz CT molecular complexity index is 274. The molecule has 0 unspecified atom stereocenters. The molecule has 0 aromatic carbocycles. The van der Waals surface area contributed by atoms with E-state index in [-0.39, 0.29) is 0 Å². The Morgan fingerprint density at radius 2 is 2.25 bits per heavy atom. The smallest absolute Gasteiger partial charge is 0.170 e. The van der Waals surface area contributed by atoms with Gasteiger partial charge >= 0.3 is 0 Å². The molecule has 1 aromatic rings. The summed E-state index contributed by atoms with van der Waals surface area (Å²) in [6.07, 6.45) is 1.57. The van der Waals surface area contributed by atoms with Crippen LogP contribution in [0.25, 0.3) is 0 Å². The van der Waals surface area contributed by atoms with Crippen molar-refractivity contribution in [1.82, 2.24) is 9.97 Å². The molecule has 0 spiro atoms. The second kappa shape index (κ2) is 3.71. The molecule has 0 aliphatic rings. The Morgan fingerprint density at radius 3 is 2.83 bits per heavy atom. The van der Waals surface area contributed by atoms with Crippen molar-refractivity contribution >= 4 is 27.6 Å². The zero-order chi connectivity index (χ0) is 9.14. The second-order valence-electron chi connectivity index (χ2n) is 2.73. The van der Waals surface area contributed by atoms with Crippen LogP contribution in [0.2, 0.25) is 0 Å². The molecule has 0 bridgehead atoms. The number of halogens is 1. The van der Waals surface area contributed by atoms with Crippen molar-refractivity contribution < 1.29 is 0 Å². The van der Waals surface area contributed by atoms with Crippen molar-refractivity contribution in [2.45, 2.75) is 19.9 Å². The molecule has 0 radical (unpaired) electrons. The van der Waals surface area contributed by atoms with E-state index in [9.17, 15) is 0 Å². The molecule has 1 aromatic heterocycles. The fraction of sp³-hybridized carbons (Fsp3) is 0.429. The molecule has 4 nitrogen and oxygen atoms in total. The van der Waals surface area contributed by atoms with E-state index in [1.807, 2.05) is 13.8 Å². The van der Waals surface area contributed by atoms with E-state index in [1.54, 1.807) is 6.20 Å². The molecular weight excluding hydrogens is 220 g/mol. The van der Waals surface area contributed by atoms with E-state index in [0.717, 1.165) is 0 Å². The molecule has 66 valence electrons. The van der Waals surface area contributed by atoms with E-state index in [2.05, 4.69) is 31.2 Å². The van der Waals surface area contributed by atoms with Gasteiger partial charge in [-0.25, -0.2) is 9.97 Å². The lowest BCUT2D eigenvalue weighted by Crippen LogP contribution is -2.13. The highest BCUT2D eigenvalue weighted by molar-refractivity contribution is 9.10. The molecule has 0 fully saturated rings. The van der Waals surface area contributed by atoms with Crippen molar-refractivity contribution in [2.75, 3.05) is 11.1 Å². The monoisotopic (exact) mass is 230 g/mol. The third kappa shape index (κ3) is 2.34. The highest BCUT2D eigenvalue weighted by Gasteiger charge is 2.03. The van der Waals surface area contributed by atoms with Crippen molar-refractivity contribution in [3.63, 3.8) is 0 Å². The fourth-order valence-corrected chi connectivity index (χ4v) is 1.04. The van der Waals surface area contributed by atoms with Crippen LogP contribution >= 0.6 is 15.9 Å². The standard InChI is InChI=1S/C7H11BrN4/c1-4(2)11-7-6(9)10-3-5(8)12-7/h3-4H,1-2H3,(H2,9,10)(H,11,12). The first-order chi connectivity index (χ1) is 5.59. The quantitative estimate of drug-likeness (QED) is 0.812. The third-order valence-electron chi connectivity index (χ3n) is 1.20. The van der Waals surface area contributed by atoms with Gasteiger partial charge in [0, 0.05) is 6.04 Å². The summed E-state index contributed by atoms with van der Waals surface area (Å²) in [5.74, 6) is 1.05. The number of nitrogens with two attached hydrogens (primary N) is 1. The number of anilines is 2. The van der Waals surface area contributed by atoms with Gasteiger partial charge in [-0.3, -0.25) is 0 Å². The van der Waals surface area contributed by atoms with E-state index in [4.69, 9.17) is 5.73 Å². The van der Waals surface area contributed by atoms with Crippen molar-refractivity contribution in [3.05, 3.63) is 10.8 Å². The number of aromatic nitrogens is 2. The molecule has 0 atom stereocenters. The highest BCUT2D eigenvalue weighted by Crippen LogP contribution is 2.15. The average Bonchev–Trinajstić information content (AvgIpc) is 1.96. The van der Waals surface area contributed by atoms with E-state index in [1.165, 1.54) is 0 Å². The molecule has 12 heavy (non-hydrogen) atoms. The predicted octanol–water partition coefficient (Wildman–Crippen LogP) is 1.64. The lowest BCUT2D eigenvalue weighted by Gasteiger charge is -2.10. The minimum absolute atomic E-state index is 0.302. The average molecular weight is 231 g/mol. The van der Waals surface area contributed by atoms with E-state index >= 15 is 0 Å². The number of rotatable bonds is 2. The summed E-state index contributed by atoms with van der Waals surface area (Å²) in [6.45, 7) is 4.03. The molecule has 0 amide bonds. The lowest BCUT2D eigenvalue weighted by atomic mass is 10.4. The van der Waals surface area contributed by atoms with Crippen molar-refractivity contribution in [1.29, 1.82) is 0 Å². The Morgan fingerprint density at radius 1 is 1.58 bits per heavy atom. The first-order valence-electron chi connectivity index (χ1n) is 3.64. The van der Waals surface area contributed by atoms with Gasteiger partial charge in [0.15, 0.2) is 11.6 Å². The molecular formula is C7H11BrN4. The zero-order valence-corrected chi connectivity index (χ0v) is 8.59. The summed E-state index contributed by atoms with van der Waals surface area (Å²) in [7, 11) is 0. The normalized spacial score (nSPS) is 10.3. The molecule has 0 saturated heterocycles. The van der Waals surface area contributed by atoms with E-state index in [0.29, 0.717) is 22.3 Å². The van der Waals surface area contributed by atoms with Crippen LogP contribution in [-0.2, 0) is 0 Å². The van der Waals surface area contributed by atoms with Gasteiger partial charge < -0.3 is 11.1 Å². The van der Waals surface area contributed by atoms with Gasteiger partial charge in [-0.15, -0.1) is 0 Å². The minimum Gasteiger partial charge on any atom is -0.381 e. The Hall–Kier alpha value is -0.840. The first kappa shape index (κ1) is 9.25. The first-order valence-corrected chi connectivity index (χ1v) is 4.43. The summed E-state index contributed by atoms with van der Waals surface area (Å²) in [4.78, 5) is 8.07. The summed E-state index contributed by atoms with van der Waals surface area (Å²) in [6, 6.07) is 0.302. The molecule has 0 aliphatic heterocycles. The largest absolute Gasteiger partial charge is 0.381 e. The summed E-state index contributed by atoms with van der Waals surface area (Å²) in [5, 5.41) is 3.09. The molecule has 0 saturated carbocycles. The van der Waals surface area contributed by atoms with Gasteiger partial charge in [0.1, 0.15) is 4.60 Å². The fourth-order valence-electron chi connectivity index (χ4n) is 0.757. The van der Waals surface area contributed by atoms with Crippen LogP contribution < -0.4 is 11.1 Å². The molecule has 5 heteroatoms.